The molecule has 1 rings (SSSR count). The van der Waals surface area contributed by atoms with Gasteiger partial charge >= 0.3 is 0 Å². The monoisotopic (exact) mass is 213 g/mol. The van der Waals surface area contributed by atoms with E-state index < -0.39 is 0 Å². The van der Waals surface area contributed by atoms with Gasteiger partial charge in [-0.3, -0.25) is 0 Å². The first-order chi connectivity index (χ1) is 7.08. The van der Waals surface area contributed by atoms with Crippen molar-refractivity contribution in [2.75, 3.05) is 6.54 Å². The van der Waals surface area contributed by atoms with Gasteiger partial charge in [0.2, 0.25) is 0 Å². The number of hydrogen-bond donors (Lipinski definition) is 1. The standard InChI is InChI=1S/C13H27NO/c1-10(2)5-6-11(3)14-9-13-8-7-12(4)15-13/h10-14H,5-9H2,1-4H3. The summed E-state index contributed by atoms with van der Waals surface area (Å²) in [5.41, 5.74) is 0. The first kappa shape index (κ1) is 13.0. The van der Waals surface area contributed by atoms with Crippen LogP contribution in [-0.2, 0) is 4.74 Å². The molecule has 3 atom stereocenters. The molecule has 1 heterocycles. The van der Waals surface area contributed by atoms with Crippen molar-refractivity contribution in [3.63, 3.8) is 0 Å². The fraction of sp³-hybridized carbons (Fsp3) is 1.00. The zero-order valence-corrected chi connectivity index (χ0v) is 10.8. The second-order valence-corrected chi connectivity index (χ2v) is 5.43. The molecule has 2 heteroatoms. The molecule has 0 amide bonds. The van der Waals surface area contributed by atoms with Gasteiger partial charge in [0, 0.05) is 12.6 Å². The summed E-state index contributed by atoms with van der Waals surface area (Å²) in [5, 5.41) is 3.58. The van der Waals surface area contributed by atoms with Gasteiger partial charge < -0.3 is 10.1 Å². The average molecular weight is 213 g/mol. The first-order valence-electron chi connectivity index (χ1n) is 6.46. The summed E-state index contributed by atoms with van der Waals surface area (Å²) in [7, 11) is 0. The molecular weight excluding hydrogens is 186 g/mol. The van der Waals surface area contributed by atoms with E-state index in [-0.39, 0.29) is 0 Å². The van der Waals surface area contributed by atoms with Crippen LogP contribution in [0.4, 0.5) is 0 Å². The molecule has 0 aliphatic carbocycles. The predicted molar refractivity (Wildman–Crippen MR) is 65.1 cm³/mol. The maximum absolute atomic E-state index is 5.77. The lowest BCUT2D eigenvalue weighted by molar-refractivity contribution is 0.0544. The average Bonchev–Trinajstić information content (AvgIpc) is 2.58. The van der Waals surface area contributed by atoms with Crippen LogP contribution in [-0.4, -0.2) is 24.8 Å². The summed E-state index contributed by atoms with van der Waals surface area (Å²) in [6, 6.07) is 0.631. The van der Waals surface area contributed by atoms with Gasteiger partial charge in [-0.15, -0.1) is 0 Å². The van der Waals surface area contributed by atoms with Crippen molar-refractivity contribution in [3.05, 3.63) is 0 Å². The Morgan fingerprint density at radius 1 is 1.20 bits per heavy atom. The van der Waals surface area contributed by atoms with Crippen LogP contribution < -0.4 is 5.32 Å². The highest BCUT2D eigenvalue weighted by Crippen LogP contribution is 2.18. The molecule has 0 aromatic rings. The van der Waals surface area contributed by atoms with E-state index in [1.807, 2.05) is 0 Å². The number of ether oxygens (including phenoxy) is 1. The summed E-state index contributed by atoms with van der Waals surface area (Å²) >= 11 is 0. The summed E-state index contributed by atoms with van der Waals surface area (Å²) in [5.74, 6) is 0.817. The van der Waals surface area contributed by atoms with Crippen molar-refractivity contribution < 1.29 is 4.74 Å². The lowest BCUT2D eigenvalue weighted by Crippen LogP contribution is -2.33. The highest BCUT2D eigenvalue weighted by molar-refractivity contribution is 4.74. The second-order valence-electron chi connectivity index (χ2n) is 5.43. The Labute approximate surface area is 94.8 Å². The van der Waals surface area contributed by atoms with E-state index in [0.717, 1.165) is 12.5 Å². The second kappa shape index (κ2) is 6.49. The molecule has 0 saturated carbocycles. The molecule has 1 aliphatic heterocycles. The van der Waals surface area contributed by atoms with Crippen LogP contribution in [0.5, 0.6) is 0 Å². The van der Waals surface area contributed by atoms with Crippen LogP contribution in [0.1, 0.15) is 53.4 Å². The number of nitrogens with one attached hydrogen (secondary N) is 1. The van der Waals surface area contributed by atoms with Crippen molar-refractivity contribution in [1.82, 2.24) is 5.32 Å². The van der Waals surface area contributed by atoms with E-state index >= 15 is 0 Å². The molecule has 0 bridgehead atoms. The van der Waals surface area contributed by atoms with Crippen LogP contribution in [0.3, 0.4) is 0 Å². The van der Waals surface area contributed by atoms with Crippen LogP contribution in [0.15, 0.2) is 0 Å². The van der Waals surface area contributed by atoms with E-state index in [2.05, 4.69) is 33.0 Å². The minimum atomic E-state index is 0.460. The van der Waals surface area contributed by atoms with Crippen molar-refractivity contribution in [3.8, 4) is 0 Å². The Morgan fingerprint density at radius 3 is 2.47 bits per heavy atom. The minimum Gasteiger partial charge on any atom is -0.374 e. The maximum Gasteiger partial charge on any atom is 0.0704 e. The lowest BCUT2D eigenvalue weighted by Gasteiger charge is -2.18. The summed E-state index contributed by atoms with van der Waals surface area (Å²) in [4.78, 5) is 0. The molecule has 3 unspecified atom stereocenters. The van der Waals surface area contributed by atoms with E-state index in [1.54, 1.807) is 0 Å². The largest absolute Gasteiger partial charge is 0.374 e. The van der Waals surface area contributed by atoms with Crippen LogP contribution in [0, 0.1) is 5.92 Å². The molecule has 0 aromatic carbocycles. The highest BCUT2D eigenvalue weighted by Gasteiger charge is 2.21. The summed E-state index contributed by atoms with van der Waals surface area (Å²) < 4.78 is 5.77. The number of rotatable bonds is 6. The fourth-order valence-corrected chi connectivity index (χ4v) is 2.05. The van der Waals surface area contributed by atoms with Gasteiger partial charge in [-0.25, -0.2) is 0 Å². The van der Waals surface area contributed by atoms with Crippen LogP contribution in [0.2, 0.25) is 0 Å². The van der Waals surface area contributed by atoms with E-state index in [0.29, 0.717) is 18.2 Å². The highest BCUT2D eigenvalue weighted by atomic mass is 16.5. The predicted octanol–water partition coefficient (Wildman–Crippen LogP) is 2.97. The Bertz CT molecular complexity index is 170. The van der Waals surface area contributed by atoms with Gasteiger partial charge in [0.1, 0.15) is 0 Å². The third-order valence-corrected chi connectivity index (χ3v) is 3.19. The van der Waals surface area contributed by atoms with E-state index in [9.17, 15) is 0 Å². The summed E-state index contributed by atoms with van der Waals surface area (Å²) in [6.45, 7) is 10.1. The Balaban J connectivity index is 2.03. The molecule has 1 aliphatic rings. The van der Waals surface area contributed by atoms with Gasteiger partial charge in [0.25, 0.3) is 0 Å². The SMILES string of the molecule is CC(C)CCC(C)NCC1CCC(C)O1. The van der Waals surface area contributed by atoms with Gasteiger partial charge in [0.15, 0.2) is 0 Å². The van der Waals surface area contributed by atoms with Crippen molar-refractivity contribution in [2.24, 2.45) is 5.92 Å². The van der Waals surface area contributed by atoms with Crippen LogP contribution in [0.25, 0.3) is 0 Å². The third-order valence-electron chi connectivity index (χ3n) is 3.19. The Hall–Kier alpha value is -0.0800. The van der Waals surface area contributed by atoms with Crippen molar-refractivity contribution in [1.29, 1.82) is 0 Å². The molecule has 0 spiro atoms. The Kier molecular flexibility index (Phi) is 5.62. The zero-order chi connectivity index (χ0) is 11.3. The fourth-order valence-electron chi connectivity index (χ4n) is 2.05. The topological polar surface area (TPSA) is 21.3 Å². The van der Waals surface area contributed by atoms with Crippen molar-refractivity contribution in [2.45, 2.75) is 71.6 Å². The van der Waals surface area contributed by atoms with Gasteiger partial charge in [0.05, 0.1) is 12.2 Å². The maximum atomic E-state index is 5.77. The molecule has 2 nitrogen and oxygen atoms in total. The van der Waals surface area contributed by atoms with E-state index in [1.165, 1.54) is 25.7 Å². The number of hydrogen-bond acceptors (Lipinski definition) is 2. The van der Waals surface area contributed by atoms with Gasteiger partial charge in [-0.05, 0) is 45.4 Å². The molecule has 15 heavy (non-hydrogen) atoms. The molecular formula is C13H27NO. The third kappa shape index (κ3) is 5.53. The molecule has 1 N–H and O–H groups in total. The molecule has 0 aromatic heterocycles. The molecule has 90 valence electrons. The van der Waals surface area contributed by atoms with Crippen molar-refractivity contribution >= 4 is 0 Å². The molecule has 1 fully saturated rings. The minimum absolute atomic E-state index is 0.460. The van der Waals surface area contributed by atoms with Gasteiger partial charge in [-0.2, -0.15) is 0 Å². The zero-order valence-electron chi connectivity index (χ0n) is 10.8. The quantitative estimate of drug-likeness (QED) is 0.732. The lowest BCUT2D eigenvalue weighted by atomic mass is 10.0. The normalized spacial score (nSPS) is 28.6. The van der Waals surface area contributed by atoms with Gasteiger partial charge in [-0.1, -0.05) is 13.8 Å². The Morgan fingerprint density at radius 2 is 1.93 bits per heavy atom. The van der Waals surface area contributed by atoms with Crippen LogP contribution >= 0.6 is 0 Å². The first-order valence-corrected chi connectivity index (χ1v) is 6.46. The van der Waals surface area contributed by atoms with E-state index in [4.69, 9.17) is 4.74 Å². The molecule has 0 radical (unpaired) electrons. The molecule has 1 saturated heterocycles. The smallest absolute Gasteiger partial charge is 0.0704 e. The summed E-state index contributed by atoms with van der Waals surface area (Å²) in [6.07, 6.45) is 5.98.